The molecule has 0 radical (unpaired) electrons. The average molecular weight is 297 g/mol. The van der Waals surface area contributed by atoms with E-state index >= 15 is 0 Å². The number of piperidine rings is 1. The summed E-state index contributed by atoms with van der Waals surface area (Å²) >= 11 is 0. The van der Waals surface area contributed by atoms with Gasteiger partial charge in [0.15, 0.2) is 0 Å². The molecule has 5 nitrogen and oxygen atoms in total. The molecule has 1 aliphatic heterocycles. The molecule has 0 unspecified atom stereocenters. The number of aryl methyl sites for hydroxylation is 1. The molecule has 0 atom stereocenters. The van der Waals surface area contributed by atoms with E-state index in [0.29, 0.717) is 11.7 Å². The van der Waals surface area contributed by atoms with Crippen molar-refractivity contribution in [3.8, 4) is 0 Å². The maximum atomic E-state index is 11.3. The van der Waals surface area contributed by atoms with E-state index in [1.54, 1.807) is 0 Å². The molecule has 1 heterocycles. The Kier molecular flexibility index (Phi) is 4.55. The van der Waals surface area contributed by atoms with Crippen molar-refractivity contribution in [3.05, 3.63) is 23.8 Å². The van der Waals surface area contributed by atoms with Gasteiger partial charge in [-0.2, -0.15) is 0 Å². The van der Waals surface area contributed by atoms with Gasteiger partial charge in [0.2, 0.25) is 10.0 Å². The van der Waals surface area contributed by atoms with E-state index < -0.39 is 10.0 Å². The summed E-state index contributed by atoms with van der Waals surface area (Å²) in [6.45, 7) is 4.14. The molecule has 0 amide bonds. The third kappa shape index (κ3) is 4.38. The smallest absolute Gasteiger partial charge is 0.229 e. The highest BCUT2D eigenvalue weighted by Gasteiger charge is 2.16. The van der Waals surface area contributed by atoms with Crippen molar-refractivity contribution in [3.63, 3.8) is 0 Å². The van der Waals surface area contributed by atoms with Crippen LogP contribution in [0.2, 0.25) is 0 Å². The maximum Gasteiger partial charge on any atom is 0.229 e. The zero-order valence-corrected chi connectivity index (χ0v) is 13.1. The van der Waals surface area contributed by atoms with Crippen LogP contribution >= 0.6 is 0 Å². The highest BCUT2D eigenvalue weighted by atomic mass is 32.2. The summed E-state index contributed by atoms with van der Waals surface area (Å²) in [5.74, 6) is 0. The second-order valence-electron chi connectivity index (χ2n) is 5.63. The van der Waals surface area contributed by atoms with Crippen LogP contribution in [0.5, 0.6) is 0 Å². The Bertz CT molecular complexity index is 564. The first-order valence-electron chi connectivity index (χ1n) is 6.87. The number of anilines is 2. The Balaban J connectivity index is 2.02. The largest absolute Gasteiger partial charge is 0.382 e. The Hall–Kier alpha value is -1.27. The Morgan fingerprint density at radius 3 is 2.45 bits per heavy atom. The van der Waals surface area contributed by atoms with Crippen LogP contribution in [0.15, 0.2) is 18.2 Å². The van der Waals surface area contributed by atoms with Crippen molar-refractivity contribution >= 4 is 21.4 Å². The van der Waals surface area contributed by atoms with Gasteiger partial charge in [0, 0.05) is 11.7 Å². The summed E-state index contributed by atoms with van der Waals surface area (Å²) in [5.41, 5.74) is 2.62. The second kappa shape index (κ2) is 6.01. The van der Waals surface area contributed by atoms with Gasteiger partial charge in [-0.25, -0.2) is 8.42 Å². The molecule has 0 aliphatic carbocycles. The minimum atomic E-state index is -3.22. The van der Waals surface area contributed by atoms with Crippen molar-refractivity contribution < 1.29 is 8.42 Å². The zero-order valence-electron chi connectivity index (χ0n) is 12.3. The fourth-order valence-electron chi connectivity index (χ4n) is 2.46. The lowest BCUT2D eigenvalue weighted by molar-refractivity contribution is 0.264. The number of sulfonamides is 1. The SMILES string of the molecule is Cc1cc(NC2CCN(C)CC2)ccc1NS(C)(=O)=O. The fourth-order valence-corrected chi connectivity index (χ4v) is 3.08. The number of likely N-dealkylation sites (tertiary alicyclic amines) is 1. The van der Waals surface area contributed by atoms with Crippen molar-refractivity contribution in [2.75, 3.05) is 36.4 Å². The summed E-state index contributed by atoms with van der Waals surface area (Å²) in [5, 5.41) is 3.53. The van der Waals surface area contributed by atoms with E-state index in [1.165, 1.54) is 0 Å². The van der Waals surface area contributed by atoms with Crippen molar-refractivity contribution in [1.82, 2.24) is 4.90 Å². The number of benzene rings is 1. The van der Waals surface area contributed by atoms with Crippen LogP contribution in [-0.4, -0.2) is 45.8 Å². The molecule has 0 spiro atoms. The summed E-state index contributed by atoms with van der Waals surface area (Å²) in [7, 11) is -1.08. The highest BCUT2D eigenvalue weighted by Crippen LogP contribution is 2.22. The Morgan fingerprint density at radius 1 is 1.25 bits per heavy atom. The normalized spacial score (nSPS) is 17.9. The molecular formula is C14H23N3O2S. The summed E-state index contributed by atoms with van der Waals surface area (Å²) in [4.78, 5) is 2.34. The molecule has 1 saturated heterocycles. The van der Waals surface area contributed by atoms with Crippen LogP contribution < -0.4 is 10.0 Å². The average Bonchev–Trinajstić information content (AvgIpc) is 2.34. The predicted molar refractivity (Wildman–Crippen MR) is 83.8 cm³/mol. The molecule has 112 valence electrons. The van der Waals surface area contributed by atoms with Gasteiger partial charge < -0.3 is 10.2 Å². The minimum Gasteiger partial charge on any atom is -0.382 e. The molecular weight excluding hydrogens is 274 g/mol. The topological polar surface area (TPSA) is 61.4 Å². The van der Waals surface area contributed by atoms with Crippen LogP contribution in [0, 0.1) is 6.92 Å². The third-order valence-electron chi connectivity index (χ3n) is 3.61. The van der Waals surface area contributed by atoms with Gasteiger partial charge in [-0.1, -0.05) is 0 Å². The number of rotatable bonds is 4. The van der Waals surface area contributed by atoms with E-state index in [4.69, 9.17) is 0 Å². The molecule has 6 heteroatoms. The van der Waals surface area contributed by atoms with Gasteiger partial charge in [0.25, 0.3) is 0 Å². The quantitative estimate of drug-likeness (QED) is 0.891. The second-order valence-corrected chi connectivity index (χ2v) is 7.37. The lowest BCUT2D eigenvalue weighted by Crippen LogP contribution is -2.36. The number of nitrogens with zero attached hydrogens (tertiary/aromatic N) is 1. The summed E-state index contributed by atoms with van der Waals surface area (Å²) in [6, 6.07) is 6.23. The van der Waals surface area contributed by atoms with E-state index in [0.717, 1.165) is 43.4 Å². The monoisotopic (exact) mass is 297 g/mol. The van der Waals surface area contributed by atoms with E-state index in [2.05, 4.69) is 22.0 Å². The van der Waals surface area contributed by atoms with Crippen LogP contribution in [0.25, 0.3) is 0 Å². The molecule has 2 N–H and O–H groups in total. The van der Waals surface area contributed by atoms with E-state index in [-0.39, 0.29) is 0 Å². The number of hydrogen-bond acceptors (Lipinski definition) is 4. The first-order chi connectivity index (χ1) is 9.33. The summed E-state index contributed by atoms with van der Waals surface area (Å²) in [6.07, 6.45) is 3.44. The molecule has 1 aliphatic rings. The molecule has 1 fully saturated rings. The predicted octanol–water partition coefficient (Wildman–Crippen LogP) is 1.87. The summed E-state index contributed by atoms with van der Waals surface area (Å²) < 4.78 is 25.0. The number of hydrogen-bond donors (Lipinski definition) is 2. The first kappa shape index (κ1) is 15.1. The van der Waals surface area contributed by atoms with Crippen LogP contribution in [0.1, 0.15) is 18.4 Å². The van der Waals surface area contributed by atoms with E-state index in [1.807, 2.05) is 25.1 Å². The van der Waals surface area contributed by atoms with Gasteiger partial charge in [-0.05, 0) is 63.7 Å². The lowest BCUT2D eigenvalue weighted by Gasteiger charge is -2.30. The van der Waals surface area contributed by atoms with Gasteiger partial charge in [-0.15, -0.1) is 0 Å². The van der Waals surface area contributed by atoms with Gasteiger partial charge in [0.05, 0.1) is 11.9 Å². The molecule has 1 aromatic carbocycles. The standard InChI is InChI=1S/C14H23N3O2S/c1-11-10-13(4-5-14(11)16-20(3,18)19)15-12-6-8-17(2)9-7-12/h4-5,10,12,15-16H,6-9H2,1-3H3. The fraction of sp³-hybridized carbons (Fsp3) is 0.571. The van der Waals surface area contributed by atoms with Crippen LogP contribution in [0.4, 0.5) is 11.4 Å². The zero-order chi connectivity index (χ0) is 14.8. The molecule has 1 aromatic rings. The third-order valence-corrected chi connectivity index (χ3v) is 4.20. The van der Waals surface area contributed by atoms with Gasteiger partial charge in [0.1, 0.15) is 0 Å². The molecule has 0 aromatic heterocycles. The molecule has 2 rings (SSSR count). The maximum absolute atomic E-state index is 11.3. The van der Waals surface area contributed by atoms with Crippen molar-refractivity contribution in [2.24, 2.45) is 0 Å². The number of nitrogens with one attached hydrogen (secondary N) is 2. The van der Waals surface area contributed by atoms with Gasteiger partial charge in [-0.3, -0.25) is 4.72 Å². The van der Waals surface area contributed by atoms with Crippen LogP contribution in [0.3, 0.4) is 0 Å². The van der Waals surface area contributed by atoms with E-state index in [9.17, 15) is 8.42 Å². The van der Waals surface area contributed by atoms with Crippen molar-refractivity contribution in [1.29, 1.82) is 0 Å². The van der Waals surface area contributed by atoms with Crippen molar-refractivity contribution in [2.45, 2.75) is 25.8 Å². The lowest BCUT2D eigenvalue weighted by atomic mass is 10.0. The minimum absolute atomic E-state index is 0.499. The molecule has 20 heavy (non-hydrogen) atoms. The first-order valence-corrected chi connectivity index (χ1v) is 8.76. The highest BCUT2D eigenvalue weighted by molar-refractivity contribution is 7.92. The Labute approximate surface area is 121 Å². The van der Waals surface area contributed by atoms with Crippen LogP contribution in [-0.2, 0) is 10.0 Å². The van der Waals surface area contributed by atoms with Gasteiger partial charge >= 0.3 is 0 Å². The Morgan fingerprint density at radius 2 is 1.90 bits per heavy atom. The molecule has 0 bridgehead atoms. The molecule has 0 saturated carbocycles.